The fourth-order valence-corrected chi connectivity index (χ4v) is 8.55. The van der Waals surface area contributed by atoms with Gasteiger partial charge in [0, 0.05) is 12.1 Å². The predicted molar refractivity (Wildman–Crippen MR) is 189 cm³/mol. The molecule has 2 heterocycles. The molecule has 0 N–H and O–H groups in total. The Balaban J connectivity index is 1.34. The molecule has 0 radical (unpaired) electrons. The lowest BCUT2D eigenvalue weighted by molar-refractivity contribution is 0.114. The number of fused-ring (bicyclic) bond motifs is 4. The van der Waals surface area contributed by atoms with Crippen molar-refractivity contribution in [2.45, 2.75) is 103 Å². The van der Waals surface area contributed by atoms with E-state index in [9.17, 15) is 1.37 Å². The van der Waals surface area contributed by atoms with E-state index in [1.807, 2.05) is 12.1 Å². The Hall–Kier alpha value is -3.85. The highest BCUT2D eigenvalue weighted by molar-refractivity contribution is 6.09. The highest BCUT2D eigenvalue weighted by Gasteiger charge is 2.37. The number of benzene rings is 4. The highest BCUT2D eigenvalue weighted by atomic mass is 16.3. The molecule has 4 aromatic carbocycles. The molecule has 0 saturated heterocycles. The van der Waals surface area contributed by atoms with E-state index in [1.165, 1.54) is 67.3 Å². The summed E-state index contributed by atoms with van der Waals surface area (Å²) < 4.78 is 18.9. The molecular formula is C42H46N2O. The third-order valence-corrected chi connectivity index (χ3v) is 11.1. The Labute approximate surface area is 269 Å². The van der Waals surface area contributed by atoms with Crippen molar-refractivity contribution in [3.8, 4) is 17.1 Å². The number of hydrogen-bond acceptors (Lipinski definition) is 2. The Morgan fingerprint density at radius 2 is 1.44 bits per heavy atom. The zero-order valence-corrected chi connectivity index (χ0v) is 27.3. The van der Waals surface area contributed by atoms with Gasteiger partial charge in [-0.3, -0.25) is 4.57 Å². The van der Waals surface area contributed by atoms with Crippen LogP contribution in [0.25, 0.3) is 50.0 Å². The summed E-state index contributed by atoms with van der Waals surface area (Å²) in [4.78, 5) is 5.32. The molecule has 0 amide bonds. The number of hydrogen-bond donors (Lipinski definition) is 0. The Morgan fingerprint density at radius 1 is 0.778 bits per heavy atom. The monoisotopic (exact) mass is 595 g/mol. The Kier molecular flexibility index (Phi) is 6.83. The first kappa shape index (κ1) is 27.5. The van der Waals surface area contributed by atoms with Crippen LogP contribution in [0, 0.1) is 5.41 Å². The summed E-state index contributed by atoms with van der Waals surface area (Å²) in [5.41, 5.74) is 10.4. The summed E-state index contributed by atoms with van der Waals surface area (Å²) in [6.45, 7) is 9.22. The molecule has 2 saturated carbocycles. The molecule has 0 unspecified atom stereocenters. The fourth-order valence-electron chi connectivity index (χ4n) is 8.55. The maximum Gasteiger partial charge on any atom is 0.149 e. The molecule has 3 heteroatoms. The number of furan rings is 1. The first-order valence-electron chi connectivity index (χ1n) is 17.8. The zero-order valence-electron chi connectivity index (χ0n) is 28.3. The molecule has 45 heavy (non-hydrogen) atoms. The van der Waals surface area contributed by atoms with Crippen LogP contribution in [0.15, 0.2) is 83.3 Å². The lowest BCUT2D eigenvalue weighted by atomic mass is 9.62. The van der Waals surface area contributed by atoms with Crippen molar-refractivity contribution >= 4 is 33.0 Å². The van der Waals surface area contributed by atoms with Crippen LogP contribution >= 0.6 is 0 Å². The molecular weight excluding hydrogens is 548 g/mol. The average molecular weight is 596 g/mol. The number of rotatable bonds is 5. The van der Waals surface area contributed by atoms with E-state index in [-0.39, 0.29) is 11.8 Å². The Bertz CT molecular complexity index is 2030. The Morgan fingerprint density at radius 3 is 2.18 bits per heavy atom. The molecule has 6 aromatic rings. The minimum atomic E-state index is -0.534. The van der Waals surface area contributed by atoms with Gasteiger partial charge in [-0.2, -0.15) is 0 Å². The molecule has 230 valence electrons. The van der Waals surface area contributed by atoms with Crippen LogP contribution in [0.5, 0.6) is 0 Å². The summed E-state index contributed by atoms with van der Waals surface area (Å²) >= 11 is 0. The van der Waals surface area contributed by atoms with E-state index in [4.69, 9.17) is 9.40 Å². The van der Waals surface area contributed by atoms with Gasteiger partial charge in [-0.1, -0.05) is 102 Å². The van der Waals surface area contributed by atoms with Gasteiger partial charge in [0.2, 0.25) is 0 Å². The number of nitrogens with zero attached hydrogens (tertiary/aromatic N) is 2. The van der Waals surface area contributed by atoms with Crippen LogP contribution < -0.4 is 0 Å². The quantitative estimate of drug-likeness (QED) is 0.198. The van der Waals surface area contributed by atoms with Crippen molar-refractivity contribution in [2.24, 2.45) is 5.41 Å². The van der Waals surface area contributed by atoms with Gasteiger partial charge in [0.1, 0.15) is 17.0 Å². The van der Waals surface area contributed by atoms with Gasteiger partial charge >= 0.3 is 0 Å². The maximum atomic E-state index is 9.90. The number of imidazole rings is 1. The van der Waals surface area contributed by atoms with Crippen molar-refractivity contribution in [3.63, 3.8) is 0 Å². The average Bonchev–Trinajstić information content (AvgIpc) is 3.65. The van der Waals surface area contributed by atoms with E-state index in [0.717, 1.165) is 57.2 Å². The third kappa shape index (κ3) is 4.82. The van der Waals surface area contributed by atoms with Gasteiger partial charge in [0.15, 0.2) is 0 Å². The van der Waals surface area contributed by atoms with E-state index >= 15 is 0 Å². The van der Waals surface area contributed by atoms with Crippen LogP contribution in [-0.2, 0) is 0 Å². The van der Waals surface area contributed by atoms with Crippen LogP contribution in [0.4, 0.5) is 0 Å². The van der Waals surface area contributed by atoms with E-state index in [0.29, 0.717) is 5.41 Å². The van der Waals surface area contributed by atoms with Crippen LogP contribution in [0.2, 0.25) is 0 Å². The first-order valence-corrected chi connectivity index (χ1v) is 17.3. The molecule has 8 rings (SSSR count). The van der Waals surface area contributed by atoms with Crippen LogP contribution in [-0.4, -0.2) is 9.55 Å². The van der Waals surface area contributed by atoms with E-state index < -0.39 is 5.89 Å². The largest absolute Gasteiger partial charge is 0.455 e. The van der Waals surface area contributed by atoms with Gasteiger partial charge in [-0.15, -0.1) is 0 Å². The topological polar surface area (TPSA) is 31.0 Å². The molecule has 2 aromatic heterocycles. The molecule has 0 atom stereocenters. The van der Waals surface area contributed by atoms with Crippen LogP contribution in [0.3, 0.4) is 0 Å². The fraction of sp³-hybridized carbons (Fsp3) is 0.405. The summed E-state index contributed by atoms with van der Waals surface area (Å²) in [5.74, 6) is 0.925. The van der Waals surface area contributed by atoms with Crippen molar-refractivity contribution < 1.29 is 5.79 Å². The molecule has 2 fully saturated rings. The molecule has 2 aliphatic rings. The molecule has 3 nitrogen and oxygen atoms in total. The lowest BCUT2D eigenvalue weighted by Crippen LogP contribution is -2.29. The lowest BCUT2D eigenvalue weighted by Gasteiger charge is -2.43. The third-order valence-electron chi connectivity index (χ3n) is 11.1. The second-order valence-corrected chi connectivity index (χ2v) is 14.5. The van der Waals surface area contributed by atoms with E-state index in [2.05, 4.69) is 99.0 Å². The van der Waals surface area contributed by atoms with Gasteiger partial charge in [0.25, 0.3) is 0 Å². The minimum Gasteiger partial charge on any atom is -0.455 e. The predicted octanol–water partition coefficient (Wildman–Crippen LogP) is 12.4. The minimum absolute atomic E-state index is 0.278. The second kappa shape index (κ2) is 11.2. The molecule has 0 bridgehead atoms. The van der Waals surface area contributed by atoms with Crippen molar-refractivity contribution in [1.82, 2.24) is 9.55 Å². The van der Waals surface area contributed by atoms with E-state index in [1.54, 1.807) is 0 Å². The number of para-hydroxylation sites is 4. The van der Waals surface area contributed by atoms with Crippen molar-refractivity contribution in [1.29, 1.82) is 0 Å². The maximum absolute atomic E-state index is 9.90. The zero-order chi connectivity index (χ0) is 31.6. The van der Waals surface area contributed by atoms with Gasteiger partial charge in [0.05, 0.1) is 22.3 Å². The SMILES string of the molecule is [2H]C1(c2cc(C(C)C)c(-n3c(-c4cccc5c4oc4ccccc45)nc4ccccc43)c(C(C)C)c2)CCC2(CCCCC2)CC1. The van der Waals surface area contributed by atoms with Crippen LogP contribution in [0.1, 0.15) is 121 Å². The van der Waals surface area contributed by atoms with Gasteiger partial charge < -0.3 is 4.42 Å². The molecule has 2 aliphatic carbocycles. The molecule has 1 spiro atoms. The second-order valence-electron chi connectivity index (χ2n) is 14.5. The first-order chi connectivity index (χ1) is 22.3. The van der Waals surface area contributed by atoms with Crippen molar-refractivity contribution in [2.75, 3.05) is 0 Å². The smallest absolute Gasteiger partial charge is 0.149 e. The van der Waals surface area contributed by atoms with Crippen molar-refractivity contribution in [3.05, 3.63) is 95.6 Å². The summed E-state index contributed by atoms with van der Waals surface area (Å²) in [5, 5.41) is 2.24. The standard InChI is InChI=1S/C42H46N2O/c1-27(2)34-25-30(29-19-23-42(24-20-29)21-10-5-11-22-42)26-35(28(3)4)39(34)44-37-17-8-7-16-36(37)43-41(44)33-15-12-14-32-31-13-6-9-18-38(31)45-40(32)33/h6-9,12-18,25-29H,5,10-11,19-24H2,1-4H3/i29D. The van der Waals surface area contributed by atoms with Gasteiger partial charge in [-0.25, -0.2) is 4.98 Å². The summed E-state index contributed by atoms with van der Waals surface area (Å²) in [7, 11) is 0. The van der Waals surface area contributed by atoms with Gasteiger partial charge in [-0.05, 0) is 103 Å². The highest BCUT2D eigenvalue weighted by Crippen LogP contribution is 2.52. The molecule has 0 aliphatic heterocycles. The number of aromatic nitrogens is 2. The summed E-state index contributed by atoms with van der Waals surface area (Å²) in [6, 6.07) is 28.0. The summed E-state index contributed by atoms with van der Waals surface area (Å²) in [6.07, 6.45) is 11.2. The normalized spacial score (nSPS) is 18.5.